The third-order valence-corrected chi connectivity index (χ3v) is 2.70. The summed E-state index contributed by atoms with van der Waals surface area (Å²) in [6, 6.07) is 0. The van der Waals surface area contributed by atoms with Crippen LogP contribution in [0.15, 0.2) is 0 Å². The second-order valence-electron chi connectivity index (χ2n) is 4.46. The minimum atomic E-state index is -0.279. The smallest absolute Gasteiger partial charge is 0.239 e. The van der Waals surface area contributed by atoms with Crippen LogP contribution in [0.25, 0.3) is 0 Å². The fraction of sp³-hybridized carbons (Fsp3) is 0.667. The molecule has 1 aliphatic heterocycles. The molecule has 0 bridgehead atoms. The van der Waals surface area contributed by atoms with Crippen LogP contribution in [-0.2, 0) is 19.2 Å². The SMILES string of the molecule is O=C1CCCNC(=O)CNC(=O)CCCNC(=O)CN1. The minimum Gasteiger partial charge on any atom is -0.355 e. The highest BCUT2D eigenvalue weighted by Crippen LogP contribution is 1.89. The van der Waals surface area contributed by atoms with E-state index in [9.17, 15) is 19.2 Å². The van der Waals surface area contributed by atoms with E-state index in [1.807, 2.05) is 0 Å². The van der Waals surface area contributed by atoms with E-state index < -0.39 is 0 Å². The minimum absolute atomic E-state index is 0.0720. The van der Waals surface area contributed by atoms with Gasteiger partial charge in [0, 0.05) is 25.9 Å². The molecule has 0 spiro atoms. The van der Waals surface area contributed by atoms with Gasteiger partial charge in [0.1, 0.15) is 0 Å². The van der Waals surface area contributed by atoms with Crippen molar-refractivity contribution in [1.82, 2.24) is 21.3 Å². The summed E-state index contributed by atoms with van der Waals surface area (Å²) < 4.78 is 0. The van der Waals surface area contributed by atoms with Crippen molar-refractivity contribution in [3.8, 4) is 0 Å². The van der Waals surface area contributed by atoms with Crippen molar-refractivity contribution in [3.05, 3.63) is 0 Å². The highest BCUT2D eigenvalue weighted by Gasteiger charge is 2.08. The molecule has 20 heavy (non-hydrogen) atoms. The number of rotatable bonds is 0. The maximum absolute atomic E-state index is 11.4. The van der Waals surface area contributed by atoms with E-state index in [1.165, 1.54) is 0 Å². The van der Waals surface area contributed by atoms with Crippen LogP contribution >= 0.6 is 0 Å². The van der Waals surface area contributed by atoms with Crippen molar-refractivity contribution >= 4 is 23.6 Å². The number of hydrogen-bond donors (Lipinski definition) is 4. The molecule has 0 unspecified atom stereocenters. The first-order valence-corrected chi connectivity index (χ1v) is 6.64. The second kappa shape index (κ2) is 8.89. The summed E-state index contributed by atoms with van der Waals surface area (Å²) in [5.74, 6) is -1.01. The predicted molar refractivity (Wildman–Crippen MR) is 70.5 cm³/mol. The number of nitrogens with one attached hydrogen (secondary N) is 4. The topological polar surface area (TPSA) is 116 Å². The lowest BCUT2D eigenvalue weighted by molar-refractivity contribution is -0.127. The Morgan fingerprint density at radius 1 is 0.550 bits per heavy atom. The maximum Gasteiger partial charge on any atom is 0.239 e. The third kappa shape index (κ3) is 7.34. The molecule has 1 aliphatic rings. The maximum atomic E-state index is 11.4. The van der Waals surface area contributed by atoms with Crippen LogP contribution in [0.2, 0.25) is 0 Å². The summed E-state index contributed by atoms with van der Waals surface area (Å²) in [6.07, 6.45) is 1.43. The quantitative estimate of drug-likeness (QED) is 0.412. The van der Waals surface area contributed by atoms with E-state index >= 15 is 0 Å². The summed E-state index contributed by atoms with van der Waals surface area (Å²) in [7, 11) is 0. The molecule has 1 fully saturated rings. The van der Waals surface area contributed by atoms with E-state index in [4.69, 9.17) is 0 Å². The van der Waals surface area contributed by atoms with Crippen molar-refractivity contribution in [2.24, 2.45) is 0 Å². The Bertz CT molecular complexity index is 312. The zero-order valence-electron chi connectivity index (χ0n) is 11.3. The molecule has 0 aliphatic carbocycles. The third-order valence-electron chi connectivity index (χ3n) is 2.70. The Labute approximate surface area is 117 Å². The van der Waals surface area contributed by atoms with Gasteiger partial charge >= 0.3 is 0 Å². The molecule has 4 amide bonds. The first kappa shape index (κ1) is 15.9. The first-order chi connectivity index (χ1) is 9.58. The van der Waals surface area contributed by atoms with Crippen molar-refractivity contribution in [1.29, 1.82) is 0 Å². The second-order valence-corrected chi connectivity index (χ2v) is 4.46. The van der Waals surface area contributed by atoms with Crippen LogP contribution in [0.5, 0.6) is 0 Å². The molecular weight excluding hydrogens is 264 g/mol. The van der Waals surface area contributed by atoms with Gasteiger partial charge in [0.25, 0.3) is 0 Å². The van der Waals surface area contributed by atoms with Gasteiger partial charge in [-0.2, -0.15) is 0 Å². The fourth-order valence-electron chi connectivity index (χ4n) is 1.61. The van der Waals surface area contributed by atoms with Crippen molar-refractivity contribution in [3.63, 3.8) is 0 Å². The summed E-state index contributed by atoms with van der Waals surface area (Å²) in [5.41, 5.74) is 0. The number of hydrogen-bond acceptors (Lipinski definition) is 4. The zero-order valence-corrected chi connectivity index (χ0v) is 11.3. The summed E-state index contributed by atoms with van der Waals surface area (Å²) in [4.78, 5) is 45.5. The van der Waals surface area contributed by atoms with Gasteiger partial charge in [-0.05, 0) is 12.8 Å². The van der Waals surface area contributed by atoms with Gasteiger partial charge in [-0.1, -0.05) is 0 Å². The zero-order chi connectivity index (χ0) is 14.8. The molecule has 0 aromatic heterocycles. The highest BCUT2D eigenvalue weighted by atomic mass is 16.2. The van der Waals surface area contributed by atoms with Crippen molar-refractivity contribution in [2.75, 3.05) is 26.2 Å². The Kier molecular flexibility index (Phi) is 7.08. The van der Waals surface area contributed by atoms with Crippen LogP contribution in [0, 0.1) is 0 Å². The molecule has 0 radical (unpaired) electrons. The van der Waals surface area contributed by atoms with Crippen LogP contribution in [0.4, 0.5) is 0 Å². The van der Waals surface area contributed by atoms with Gasteiger partial charge in [0.05, 0.1) is 13.1 Å². The van der Waals surface area contributed by atoms with Gasteiger partial charge < -0.3 is 21.3 Å². The lowest BCUT2D eigenvalue weighted by atomic mass is 10.2. The van der Waals surface area contributed by atoms with Gasteiger partial charge in [-0.25, -0.2) is 0 Å². The highest BCUT2D eigenvalue weighted by molar-refractivity contribution is 5.85. The van der Waals surface area contributed by atoms with E-state index in [2.05, 4.69) is 21.3 Å². The van der Waals surface area contributed by atoms with Gasteiger partial charge in [-0.15, -0.1) is 0 Å². The normalized spacial score (nSPS) is 20.4. The lowest BCUT2D eigenvalue weighted by Gasteiger charge is -2.10. The lowest BCUT2D eigenvalue weighted by Crippen LogP contribution is -2.40. The van der Waals surface area contributed by atoms with Crippen LogP contribution in [0.1, 0.15) is 25.7 Å². The molecule has 1 saturated heterocycles. The number of carbonyl (C=O) groups is 4. The standard InChI is InChI=1S/C12H20N4O4/c17-9-3-1-5-13-11(19)7-16-10(18)4-2-6-14-12(20)8-15-9/h1-8H2,(H,13,19)(H,14,20)(H,15,17)(H,16,18). The van der Waals surface area contributed by atoms with E-state index in [0.29, 0.717) is 25.9 Å². The molecule has 1 rings (SSSR count). The average molecular weight is 284 g/mol. The first-order valence-electron chi connectivity index (χ1n) is 6.64. The van der Waals surface area contributed by atoms with Crippen LogP contribution < -0.4 is 21.3 Å². The van der Waals surface area contributed by atoms with Crippen molar-refractivity contribution in [2.45, 2.75) is 25.7 Å². The average Bonchev–Trinajstić information content (AvgIpc) is 2.42. The molecule has 112 valence electrons. The monoisotopic (exact) mass is 284 g/mol. The fourth-order valence-corrected chi connectivity index (χ4v) is 1.61. The summed E-state index contributed by atoms with van der Waals surface area (Å²) >= 11 is 0. The molecular formula is C12H20N4O4. The Morgan fingerprint density at radius 2 is 0.950 bits per heavy atom. The Hall–Kier alpha value is -2.12. The van der Waals surface area contributed by atoms with Gasteiger partial charge in [0.2, 0.25) is 23.6 Å². The van der Waals surface area contributed by atoms with Gasteiger partial charge in [-0.3, -0.25) is 19.2 Å². The molecule has 0 aromatic rings. The Morgan fingerprint density at radius 3 is 1.35 bits per heavy atom. The summed E-state index contributed by atoms with van der Waals surface area (Å²) in [5, 5.41) is 10.2. The van der Waals surface area contributed by atoms with Crippen LogP contribution in [0.3, 0.4) is 0 Å². The number of amides is 4. The molecule has 8 heteroatoms. The summed E-state index contributed by atoms with van der Waals surface area (Å²) in [6.45, 7) is 0.567. The predicted octanol–water partition coefficient (Wildman–Crippen LogP) is -1.97. The molecule has 0 saturated carbocycles. The molecule has 1 heterocycles. The van der Waals surface area contributed by atoms with E-state index in [0.717, 1.165) is 0 Å². The largest absolute Gasteiger partial charge is 0.355 e. The molecule has 4 N–H and O–H groups in total. The molecule has 0 atom stereocenters. The molecule has 8 nitrogen and oxygen atoms in total. The van der Waals surface area contributed by atoms with E-state index in [-0.39, 0.29) is 49.6 Å². The number of carbonyl (C=O) groups excluding carboxylic acids is 4. The van der Waals surface area contributed by atoms with E-state index in [1.54, 1.807) is 0 Å². The molecule has 0 aromatic carbocycles. The van der Waals surface area contributed by atoms with Crippen LogP contribution in [-0.4, -0.2) is 49.8 Å². The van der Waals surface area contributed by atoms with Gasteiger partial charge in [0.15, 0.2) is 0 Å². The Balaban J connectivity index is 2.41. The van der Waals surface area contributed by atoms with Crippen molar-refractivity contribution < 1.29 is 19.2 Å².